The summed E-state index contributed by atoms with van der Waals surface area (Å²) < 4.78 is 0. The van der Waals surface area contributed by atoms with E-state index in [2.05, 4.69) is 132 Å². The Hall–Kier alpha value is -0.120. The summed E-state index contributed by atoms with van der Waals surface area (Å²) in [6.45, 7) is 41.8. The molecule has 0 radical (unpaired) electrons. The average molecular weight is 616 g/mol. The van der Waals surface area contributed by atoms with Gasteiger partial charge in [0.2, 0.25) is 0 Å². The molecule has 0 amide bonds. The van der Waals surface area contributed by atoms with Gasteiger partial charge in [-0.1, -0.05) is 75.2 Å². The number of likely N-dealkylation sites (tertiary alicyclic amines) is 3. The van der Waals surface area contributed by atoms with Crippen LogP contribution < -0.4 is 0 Å². The molecule has 0 N–H and O–H groups in total. The number of nitrogens with zero attached hydrogens (tertiary/aromatic N) is 3. The van der Waals surface area contributed by atoms with Gasteiger partial charge in [0.05, 0.1) is 0 Å². The van der Waals surface area contributed by atoms with Crippen molar-refractivity contribution in [1.29, 1.82) is 0 Å². The second-order valence-corrected chi connectivity index (χ2v) is 21.3. The third kappa shape index (κ3) is 9.06. The van der Waals surface area contributed by atoms with Crippen molar-refractivity contribution in [3.8, 4) is 0 Å². The first-order valence-corrected chi connectivity index (χ1v) is 19.2. The molecule has 0 aromatic carbocycles. The van der Waals surface area contributed by atoms with Crippen molar-refractivity contribution >= 4 is 0 Å². The topological polar surface area (TPSA) is 9.72 Å². The van der Waals surface area contributed by atoms with Crippen LogP contribution >= 0.6 is 0 Å². The Morgan fingerprint density at radius 3 is 1.52 bits per heavy atom. The van der Waals surface area contributed by atoms with Crippen LogP contribution in [0.3, 0.4) is 0 Å². The first-order valence-electron chi connectivity index (χ1n) is 19.2. The highest BCUT2D eigenvalue weighted by molar-refractivity contribution is 5.05. The van der Waals surface area contributed by atoms with Crippen LogP contribution in [0.15, 0.2) is 0 Å². The summed E-state index contributed by atoms with van der Waals surface area (Å²) in [5, 5.41) is 0. The monoisotopic (exact) mass is 616 g/mol. The summed E-state index contributed by atoms with van der Waals surface area (Å²) in [6.07, 6.45) is 14.4. The second-order valence-electron chi connectivity index (χ2n) is 21.3. The van der Waals surface area contributed by atoms with Gasteiger partial charge in [0.15, 0.2) is 0 Å². The molecule has 0 aromatic rings. The Bertz CT molecular complexity index is 865. The average Bonchev–Trinajstić information content (AvgIpc) is 3.64. The highest BCUT2D eigenvalue weighted by atomic mass is 15.3. The fourth-order valence-corrected chi connectivity index (χ4v) is 10.6. The van der Waals surface area contributed by atoms with Gasteiger partial charge in [0.1, 0.15) is 0 Å². The van der Waals surface area contributed by atoms with E-state index < -0.39 is 0 Å². The maximum absolute atomic E-state index is 2.87. The van der Waals surface area contributed by atoms with E-state index in [0.717, 1.165) is 48.1 Å². The largest absolute Gasteiger partial charge is 0.295 e. The Balaban J connectivity index is 0.000000182. The predicted molar refractivity (Wildman–Crippen MR) is 195 cm³/mol. The third-order valence-corrected chi connectivity index (χ3v) is 12.1. The van der Waals surface area contributed by atoms with Crippen LogP contribution in [0.1, 0.15) is 182 Å². The van der Waals surface area contributed by atoms with E-state index >= 15 is 0 Å². The van der Waals surface area contributed by atoms with Crippen molar-refractivity contribution < 1.29 is 0 Å². The van der Waals surface area contributed by atoms with Crippen LogP contribution in [0.4, 0.5) is 0 Å². The van der Waals surface area contributed by atoms with Crippen LogP contribution in [0.2, 0.25) is 0 Å². The van der Waals surface area contributed by atoms with Crippen LogP contribution in [0, 0.1) is 28.1 Å². The zero-order valence-corrected chi connectivity index (χ0v) is 33.2. The lowest BCUT2D eigenvalue weighted by molar-refractivity contribution is 0.0140. The normalized spacial score (nSPS) is 34.1. The quantitative estimate of drug-likeness (QED) is 0.290. The molecule has 5 aliphatic rings. The zero-order chi connectivity index (χ0) is 33.6. The number of rotatable bonds is 1. The van der Waals surface area contributed by atoms with Crippen molar-refractivity contribution in [1.82, 2.24) is 14.7 Å². The van der Waals surface area contributed by atoms with Gasteiger partial charge in [-0.3, -0.25) is 14.7 Å². The van der Waals surface area contributed by atoms with Gasteiger partial charge in [-0.15, -0.1) is 0 Å². The first-order chi connectivity index (χ1) is 19.8. The van der Waals surface area contributed by atoms with Gasteiger partial charge >= 0.3 is 0 Å². The lowest BCUT2D eigenvalue weighted by Crippen LogP contribution is -2.53. The van der Waals surface area contributed by atoms with E-state index in [1.165, 1.54) is 70.8 Å². The lowest BCUT2D eigenvalue weighted by atomic mass is 9.78. The van der Waals surface area contributed by atoms with Gasteiger partial charge in [-0.05, 0) is 141 Å². The van der Waals surface area contributed by atoms with Crippen molar-refractivity contribution in [3.63, 3.8) is 0 Å². The van der Waals surface area contributed by atoms with Crippen molar-refractivity contribution in [2.75, 3.05) is 6.54 Å². The standard InChI is InChI=1S/C16H31N.C13H25N.C12H25N/c1-15(2,3)14-11-12-9-7-8-10-13(12)17(14)16(4,5)6;1-9(2)14-11-7-6-10(8-11)12(14)13(3,4)5;1-11(2,3)10-8-7-9-13(10)12(4,5)6/h12-14H,7-11H2,1-6H3;9-12H,6-8H2,1-5H3;10H,7-9H2,1-6H3. The molecule has 3 aliphatic heterocycles. The summed E-state index contributed by atoms with van der Waals surface area (Å²) in [5.74, 6) is 1.97. The molecule has 260 valence electrons. The molecule has 3 heteroatoms. The van der Waals surface area contributed by atoms with E-state index in [4.69, 9.17) is 0 Å². The fraction of sp³-hybridized carbons (Fsp3) is 1.00. The summed E-state index contributed by atoms with van der Waals surface area (Å²) in [4.78, 5) is 8.35. The molecule has 2 aliphatic carbocycles. The molecule has 5 rings (SSSR count). The van der Waals surface area contributed by atoms with E-state index in [0.29, 0.717) is 27.3 Å². The van der Waals surface area contributed by atoms with E-state index in [1.807, 2.05) is 0 Å². The molecule has 3 heterocycles. The Kier molecular flexibility index (Phi) is 12.0. The molecule has 2 saturated carbocycles. The molecule has 44 heavy (non-hydrogen) atoms. The SMILES string of the molecule is CC(C)(C)C1CC2CCCCC2N1C(C)(C)C.CC(C)(C)C1CCCN1C(C)(C)C.CC(C)N1C2CCC(C2)C1C(C)(C)C. The van der Waals surface area contributed by atoms with Crippen LogP contribution in [0.5, 0.6) is 0 Å². The number of hydrogen-bond donors (Lipinski definition) is 0. The fourth-order valence-electron chi connectivity index (χ4n) is 10.6. The van der Waals surface area contributed by atoms with Gasteiger partial charge in [-0.2, -0.15) is 0 Å². The summed E-state index contributed by atoms with van der Waals surface area (Å²) in [6, 6.07) is 4.89. The van der Waals surface area contributed by atoms with Crippen molar-refractivity contribution in [2.45, 2.75) is 229 Å². The molecular formula is C41H81N3. The van der Waals surface area contributed by atoms with Gasteiger partial charge in [0.25, 0.3) is 0 Å². The van der Waals surface area contributed by atoms with Gasteiger partial charge in [0, 0.05) is 47.3 Å². The zero-order valence-electron chi connectivity index (χ0n) is 33.2. The number of fused-ring (bicyclic) bond motifs is 3. The van der Waals surface area contributed by atoms with E-state index in [1.54, 1.807) is 0 Å². The van der Waals surface area contributed by atoms with Crippen molar-refractivity contribution in [3.05, 3.63) is 0 Å². The summed E-state index contributed by atoms with van der Waals surface area (Å²) in [7, 11) is 0. The van der Waals surface area contributed by atoms with E-state index in [-0.39, 0.29) is 0 Å². The maximum atomic E-state index is 2.87. The Morgan fingerprint density at radius 2 is 1.09 bits per heavy atom. The number of piperidine rings is 1. The molecule has 7 unspecified atom stereocenters. The molecule has 0 spiro atoms. The second kappa shape index (κ2) is 13.8. The van der Waals surface area contributed by atoms with Crippen LogP contribution in [-0.4, -0.2) is 68.6 Å². The first kappa shape index (κ1) is 38.3. The molecule has 7 atom stereocenters. The summed E-state index contributed by atoms with van der Waals surface area (Å²) in [5.41, 5.74) is 1.99. The smallest absolute Gasteiger partial charge is 0.0178 e. The van der Waals surface area contributed by atoms with E-state index in [9.17, 15) is 0 Å². The van der Waals surface area contributed by atoms with Gasteiger partial charge in [-0.25, -0.2) is 0 Å². The third-order valence-electron chi connectivity index (χ3n) is 12.1. The highest BCUT2D eigenvalue weighted by Crippen LogP contribution is 2.50. The lowest BCUT2D eigenvalue weighted by Gasteiger charge is -2.47. The maximum Gasteiger partial charge on any atom is 0.0178 e. The Labute approximate surface area is 278 Å². The highest BCUT2D eigenvalue weighted by Gasteiger charge is 2.51. The van der Waals surface area contributed by atoms with Crippen molar-refractivity contribution in [2.24, 2.45) is 28.1 Å². The summed E-state index contributed by atoms with van der Waals surface area (Å²) >= 11 is 0. The predicted octanol–water partition coefficient (Wildman–Crippen LogP) is 11.1. The molecule has 0 aromatic heterocycles. The number of hydrogen-bond acceptors (Lipinski definition) is 3. The molecule has 5 fully saturated rings. The minimum Gasteiger partial charge on any atom is -0.295 e. The molecule has 2 bridgehead atoms. The molecule has 3 nitrogen and oxygen atoms in total. The molecule has 3 saturated heterocycles. The molecular weight excluding hydrogens is 534 g/mol. The minimum atomic E-state index is 0.328. The minimum absolute atomic E-state index is 0.328. The van der Waals surface area contributed by atoms with Crippen LogP contribution in [-0.2, 0) is 0 Å². The Morgan fingerprint density at radius 1 is 0.523 bits per heavy atom. The van der Waals surface area contributed by atoms with Crippen LogP contribution in [0.25, 0.3) is 0 Å². The van der Waals surface area contributed by atoms with Gasteiger partial charge < -0.3 is 0 Å².